The molecule has 2 rings (SSSR count). The maximum absolute atomic E-state index is 12.3. The number of rotatable bonds is 7. The van der Waals surface area contributed by atoms with Crippen molar-refractivity contribution in [3.8, 4) is 5.75 Å². The van der Waals surface area contributed by atoms with E-state index in [4.69, 9.17) is 9.47 Å². The van der Waals surface area contributed by atoms with Gasteiger partial charge in [-0.15, -0.1) is 0 Å². The molecule has 1 amide bonds. The van der Waals surface area contributed by atoms with Crippen LogP contribution in [-0.2, 0) is 9.53 Å². The summed E-state index contributed by atoms with van der Waals surface area (Å²) in [5, 5.41) is 2.74. The van der Waals surface area contributed by atoms with Crippen LogP contribution < -0.4 is 10.1 Å². The maximum atomic E-state index is 12.3. The summed E-state index contributed by atoms with van der Waals surface area (Å²) < 4.78 is 11.5. The van der Waals surface area contributed by atoms with E-state index in [9.17, 15) is 9.59 Å². The molecule has 2 aromatic carbocycles. The first-order valence-electron chi connectivity index (χ1n) is 8.41. The molecule has 0 aliphatic carbocycles. The zero-order valence-electron chi connectivity index (χ0n) is 15.0. The first-order chi connectivity index (χ1) is 12.4. The van der Waals surface area contributed by atoms with Gasteiger partial charge in [-0.3, -0.25) is 4.79 Å². The van der Waals surface area contributed by atoms with Crippen LogP contribution in [0.25, 0.3) is 0 Å². The second kappa shape index (κ2) is 9.38. The Morgan fingerprint density at radius 1 is 1.15 bits per heavy atom. The van der Waals surface area contributed by atoms with E-state index in [2.05, 4.69) is 21.2 Å². The number of amides is 1. The number of hydrogen-bond donors (Lipinski definition) is 1. The Morgan fingerprint density at radius 3 is 2.46 bits per heavy atom. The minimum Gasteiger partial charge on any atom is -0.494 e. The van der Waals surface area contributed by atoms with E-state index in [0.29, 0.717) is 23.6 Å². The van der Waals surface area contributed by atoms with Crippen molar-refractivity contribution in [2.75, 3.05) is 11.9 Å². The molecule has 0 fully saturated rings. The minimum atomic E-state index is -0.924. The summed E-state index contributed by atoms with van der Waals surface area (Å²) in [6.07, 6.45) is -0.0141. The molecule has 0 aliphatic rings. The Kier molecular flexibility index (Phi) is 7.21. The van der Waals surface area contributed by atoms with Gasteiger partial charge in [-0.1, -0.05) is 13.0 Å². The second-order valence-corrected chi connectivity index (χ2v) is 6.75. The molecule has 0 bridgehead atoms. The number of ether oxygens (including phenoxy) is 2. The van der Waals surface area contributed by atoms with Crippen molar-refractivity contribution in [1.82, 2.24) is 0 Å². The van der Waals surface area contributed by atoms with E-state index in [-0.39, 0.29) is 0 Å². The third-order valence-electron chi connectivity index (χ3n) is 3.60. The molecule has 0 radical (unpaired) electrons. The van der Waals surface area contributed by atoms with Gasteiger partial charge in [0.15, 0.2) is 6.10 Å². The number of benzene rings is 2. The van der Waals surface area contributed by atoms with Crippen LogP contribution >= 0.6 is 15.9 Å². The van der Waals surface area contributed by atoms with Gasteiger partial charge >= 0.3 is 5.97 Å². The summed E-state index contributed by atoms with van der Waals surface area (Å²) in [6.45, 7) is 6.14. The molecule has 138 valence electrons. The third-order valence-corrected chi connectivity index (χ3v) is 4.25. The van der Waals surface area contributed by atoms with Crippen molar-refractivity contribution >= 4 is 33.5 Å². The van der Waals surface area contributed by atoms with Crippen LogP contribution in [0.2, 0.25) is 0 Å². The first-order valence-corrected chi connectivity index (χ1v) is 9.21. The number of anilines is 1. The highest BCUT2D eigenvalue weighted by Gasteiger charge is 2.19. The van der Waals surface area contributed by atoms with Crippen molar-refractivity contribution in [3.63, 3.8) is 0 Å². The van der Waals surface area contributed by atoms with Crippen LogP contribution in [0.1, 0.15) is 36.2 Å². The largest absolute Gasteiger partial charge is 0.494 e. The molecule has 0 spiro atoms. The van der Waals surface area contributed by atoms with Crippen LogP contribution in [0.15, 0.2) is 46.9 Å². The highest BCUT2D eigenvalue weighted by atomic mass is 79.9. The van der Waals surface area contributed by atoms with Gasteiger partial charge in [0.2, 0.25) is 0 Å². The second-order valence-electron chi connectivity index (χ2n) is 5.89. The fourth-order valence-electron chi connectivity index (χ4n) is 2.15. The number of aryl methyl sites for hydroxylation is 1. The van der Waals surface area contributed by atoms with Gasteiger partial charge in [-0.05, 0) is 78.2 Å². The van der Waals surface area contributed by atoms with Crippen LogP contribution in [0.4, 0.5) is 5.69 Å². The molecule has 6 heteroatoms. The van der Waals surface area contributed by atoms with Gasteiger partial charge in [0, 0.05) is 4.47 Å². The molecule has 0 saturated heterocycles. The Hall–Kier alpha value is -2.34. The molecule has 2 aromatic rings. The molecule has 5 nitrogen and oxygen atoms in total. The minimum absolute atomic E-state index is 0.366. The fraction of sp³-hybridized carbons (Fsp3) is 0.300. The predicted molar refractivity (Wildman–Crippen MR) is 105 cm³/mol. The van der Waals surface area contributed by atoms with Gasteiger partial charge in [0.1, 0.15) is 5.75 Å². The molecule has 0 aromatic heterocycles. The topological polar surface area (TPSA) is 64.6 Å². The van der Waals surface area contributed by atoms with Crippen molar-refractivity contribution < 1.29 is 19.1 Å². The SMILES string of the molecule is CCCOc1ccc(C(=O)O[C@H](C)C(=O)Nc2ccc(C)cc2Br)cc1. The Bertz CT molecular complexity index is 774. The number of hydrogen-bond acceptors (Lipinski definition) is 4. The average Bonchev–Trinajstić information content (AvgIpc) is 2.62. The molecule has 1 atom stereocenters. The van der Waals surface area contributed by atoms with Gasteiger partial charge < -0.3 is 14.8 Å². The number of halogens is 1. The molecule has 0 saturated carbocycles. The Balaban J connectivity index is 1.94. The molecular formula is C20H22BrNO4. The Morgan fingerprint density at radius 2 is 1.85 bits per heavy atom. The summed E-state index contributed by atoms with van der Waals surface area (Å²) in [5.74, 6) is -0.262. The summed E-state index contributed by atoms with van der Waals surface area (Å²) >= 11 is 3.40. The Labute approximate surface area is 161 Å². The van der Waals surface area contributed by atoms with E-state index in [1.54, 1.807) is 30.3 Å². The number of nitrogens with one attached hydrogen (secondary N) is 1. The summed E-state index contributed by atoms with van der Waals surface area (Å²) in [5.41, 5.74) is 2.06. The van der Waals surface area contributed by atoms with Crippen LogP contribution in [0, 0.1) is 6.92 Å². The monoisotopic (exact) mass is 419 g/mol. The van der Waals surface area contributed by atoms with E-state index >= 15 is 0 Å². The van der Waals surface area contributed by atoms with Gasteiger partial charge in [-0.25, -0.2) is 4.79 Å². The number of carbonyl (C=O) groups excluding carboxylic acids is 2. The van der Waals surface area contributed by atoms with E-state index in [0.717, 1.165) is 16.5 Å². The standard InChI is InChI=1S/C20H22BrNO4/c1-4-11-25-16-8-6-15(7-9-16)20(24)26-14(3)19(23)22-18-10-5-13(2)12-17(18)21/h5-10,12,14H,4,11H2,1-3H3,(H,22,23)/t14-/m1/s1. The van der Waals surface area contributed by atoms with Crippen LogP contribution in [0.5, 0.6) is 5.75 Å². The van der Waals surface area contributed by atoms with Crippen molar-refractivity contribution in [1.29, 1.82) is 0 Å². The zero-order valence-corrected chi connectivity index (χ0v) is 16.6. The molecule has 1 N–H and O–H groups in total. The lowest BCUT2D eigenvalue weighted by Gasteiger charge is -2.15. The van der Waals surface area contributed by atoms with E-state index < -0.39 is 18.0 Å². The highest BCUT2D eigenvalue weighted by molar-refractivity contribution is 9.10. The lowest BCUT2D eigenvalue weighted by atomic mass is 10.2. The van der Waals surface area contributed by atoms with Crippen LogP contribution in [-0.4, -0.2) is 24.6 Å². The number of esters is 1. The molecule has 0 heterocycles. The average molecular weight is 420 g/mol. The predicted octanol–water partition coefficient (Wildman–Crippen LogP) is 4.73. The van der Waals surface area contributed by atoms with Crippen molar-refractivity contribution in [2.45, 2.75) is 33.3 Å². The van der Waals surface area contributed by atoms with Gasteiger partial charge in [-0.2, -0.15) is 0 Å². The molecular weight excluding hydrogens is 398 g/mol. The fourth-order valence-corrected chi connectivity index (χ4v) is 2.74. The zero-order chi connectivity index (χ0) is 19.1. The van der Waals surface area contributed by atoms with Crippen molar-refractivity contribution in [2.24, 2.45) is 0 Å². The van der Waals surface area contributed by atoms with Crippen molar-refractivity contribution in [3.05, 3.63) is 58.1 Å². The molecule has 0 unspecified atom stereocenters. The summed E-state index contributed by atoms with van der Waals surface area (Å²) in [7, 11) is 0. The maximum Gasteiger partial charge on any atom is 0.338 e. The molecule has 26 heavy (non-hydrogen) atoms. The number of carbonyl (C=O) groups is 2. The van der Waals surface area contributed by atoms with E-state index in [1.807, 2.05) is 26.0 Å². The summed E-state index contributed by atoms with van der Waals surface area (Å²) in [4.78, 5) is 24.5. The van der Waals surface area contributed by atoms with Crippen LogP contribution in [0.3, 0.4) is 0 Å². The lowest BCUT2D eigenvalue weighted by molar-refractivity contribution is -0.123. The first kappa shape index (κ1) is 20.0. The smallest absolute Gasteiger partial charge is 0.338 e. The third kappa shape index (κ3) is 5.59. The quantitative estimate of drug-likeness (QED) is 0.658. The normalized spacial score (nSPS) is 11.5. The molecule has 0 aliphatic heterocycles. The van der Waals surface area contributed by atoms with E-state index in [1.165, 1.54) is 6.92 Å². The van der Waals surface area contributed by atoms with Gasteiger partial charge in [0.25, 0.3) is 5.91 Å². The lowest BCUT2D eigenvalue weighted by Crippen LogP contribution is -2.30. The van der Waals surface area contributed by atoms with Gasteiger partial charge in [0.05, 0.1) is 17.9 Å². The highest BCUT2D eigenvalue weighted by Crippen LogP contribution is 2.23. The summed E-state index contributed by atoms with van der Waals surface area (Å²) in [6, 6.07) is 12.2.